The molecule has 1 atom stereocenters. The number of ether oxygens (including phenoxy) is 2. The number of benzene rings is 1. The van der Waals surface area contributed by atoms with Gasteiger partial charge in [0.2, 0.25) is 0 Å². The first-order chi connectivity index (χ1) is 9.63. The quantitative estimate of drug-likeness (QED) is 0.895. The summed E-state index contributed by atoms with van der Waals surface area (Å²) in [6.07, 6.45) is 3.24. The van der Waals surface area contributed by atoms with E-state index in [1.807, 2.05) is 6.07 Å². The van der Waals surface area contributed by atoms with Crippen molar-refractivity contribution in [2.45, 2.75) is 38.3 Å². The third-order valence-electron chi connectivity index (χ3n) is 4.18. The summed E-state index contributed by atoms with van der Waals surface area (Å²) in [4.78, 5) is 2.53. The third kappa shape index (κ3) is 3.64. The Morgan fingerprint density at radius 1 is 1.20 bits per heavy atom. The smallest absolute Gasteiger partial charge is 0.160 e. The first-order valence-electron chi connectivity index (χ1n) is 7.34. The van der Waals surface area contributed by atoms with Crippen LogP contribution < -0.4 is 15.2 Å². The molecule has 1 heterocycles. The highest BCUT2D eigenvalue weighted by Gasteiger charge is 2.20. The van der Waals surface area contributed by atoms with Crippen LogP contribution in [0.5, 0.6) is 11.5 Å². The van der Waals surface area contributed by atoms with E-state index >= 15 is 0 Å². The monoisotopic (exact) mass is 278 g/mol. The maximum Gasteiger partial charge on any atom is 0.160 e. The molecular weight excluding hydrogens is 252 g/mol. The molecule has 2 N–H and O–H groups in total. The second-order valence-electron chi connectivity index (χ2n) is 5.62. The molecule has 1 aromatic rings. The molecule has 4 heteroatoms. The average Bonchev–Trinajstić information content (AvgIpc) is 2.47. The Hall–Kier alpha value is -1.26. The van der Waals surface area contributed by atoms with Crippen molar-refractivity contribution in [3.05, 3.63) is 23.8 Å². The standard InChI is InChI=1S/C16H26N2O2/c1-12(18-8-6-14(17)7-9-18)10-13-4-5-15(19-2)16(11-13)20-3/h4-5,11-12,14H,6-10,17H2,1-3H3. The highest BCUT2D eigenvalue weighted by molar-refractivity contribution is 5.43. The summed E-state index contributed by atoms with van der Waals surface area (Å²) in [6, 6.07) is 7.09. The van der Waals surface area contributed by atoms with Gasteiger partial charge in [0.25, 0.3) is 0 Å². The molecule has 0 radical (unpaired) electrons. The van der Waals surface area contributed by atoms with Gasteiger partial charge >= 0.3 is 0 Å². The largest absolute Gasteiger partial charge is 0.493 e. The van der Waals surface area contributed by atoms with Crippen molar-refractivity contribution in [3.63, 3.8) is 0 Å². The lowest BCUT2D eigenvalue weighted by molar-refractivity contribution is 0.162. The van der Waals surface area contributed by atoms with Gasteiger partial charge in [0.05, 0.1) is 14.2 Å². The lowest BCUT2D eigenvalue weighted by Gasteiger charge is -2.35. The van der Waals surface area contributed by atoms with Crippen LogP contribution in [0.15, 0.2) is 18.2 Å². The predicted octanol–water partition coefficient (Wildman–Crippen LogP) is 2.06. The first kappa shape index (κ1) is 15.1. The van der Waals surface area contributed by atoms with E-state index in [-0.39, 0.29) is 0 Å². The zero-order chi connectivity index (χ0) is 14.5. The highest BCUT2D eigenvalue weighted by Crippen LogP contribution is 2.28. The van der Waals surface area contributed by atoms with Crippen molar-refractivity contribution in [3.8, 4) is 11.5 Å². The zero-order valence-corrected chi connectivity index (χ0v) is 12.8. The lowest BCUT2D eigenvalue weighted by Crippen LogP contribution is -2.44. The van der Waals surface area contributed by atoms with E-state index in [2.05, 4.69) is 24.0 Å². The average molecular weight is 278 g/mol. The Morgan fingerprint density at radius 3 is 2.45 bits per heavy atom. The molecule has 1 aliphatic rings. The number of hydrogen-bond acceptors (Lipinski definition) is 4. The van der Waals surface area contributed by atoms with E-state index in [0.717, 1.165) is 43.9 Å². The van der Waals surface area contributed by atoms with Crippen LogP contribution in [0.2, 0.25) is 0 Å². The van der Waals surface area contributed by atoms with Gasteiger partial charge < -0.3 is 20.1 Å². The normalized spacial score (nSPS) is 18.8. The molecule has 4 nitrogen and oxygen atoms in total. The molecule has 2 rings (SSSR count). The number of nitrogens with two attached hydrogens (primary N) is 1. The second-order valence-corrected chi connectivity index (χ2v) is 5.62. The van der Waals surface area contributed by atoms with Gasteiger partial charge in [-0.25, -0.2) is 0 Å². The van der Waals surface area contributed by atoms with Crippen LogP contribution in [0.3, 0.4) is 0 Å². The molecule has 0 saturated carbocycles. The number of rotatable bonds is 5. The van der Waals surface area contributed by atoms with Gasteiger partial charge in [0.1, 0.15) is 0 Å². The minimum absolute atomic E-state index is 0.388. The molecular formula is C16H26N2O2. The van der Waals surface area contributed by atoms with E-state index in [4.69, 9.17) is 15.2 Å². The van der Waals surface area contributed by atoms with Gasteiger partial charge in [-0.05, 0) is 57.0 Å². The van der Waals surface area contributed by atoms with Crippen molar-refractivity contribution in [2.24, 2.45) is 5.73 Å². The molecule has 1 fully saturated rings. The van der Waals surface area contributed by atoms with Crippen LogP contribution in [0, 0.1) is 0 Å². The maximum absolute atomic E-state index is 5.96. The van der Waals surface area contributed by atoms with Crippen LogP contribution >= 0.6 is 0 Å². The highest BCUT2D eigenvalue weighted by atomic mass is 16.5. The van der Waals surface area contributed by atoms with Crippen molar-refractivity contribution < 1.29 is 9.47 Å². The topological polar surface area (TPSA) is 47.7 Å². The Kier molecular flexibility index (Phi) is 5.26. The summed E-state index contributed by atoms with van der Waals surface area (Å²) in [5.41, 5.74) is 7.24. The van der Waals surface area contributed by atoms with E-state index < -0.39 is 0 Å². The van der Waals surface area contributed by atoms with Gasteiger partial charge in [-0.15, -0.1) is 0 Å². The minimum atomic E-state index is 0.388. The SMILES string of the molecule is COc1ccc(CC(C)N2CCC(N)CC2)cc1OC. The third-order valence-corrected chi connectivity index (χ3v) is 4.18. The van der Waals surface area contributed by atoms with Gasteiger partial charge in [-0.2, -0.15) is 0 Å². The Balaban J connectivity index is 1.98. The molecule has 1 unspecified atom stereocenters. The Labute approximate surface area is 121 Å². The van der Waals surface area contributed by atoms with Crippen molar-refractivity contribution in [1.29, 1.82) is 0 Å². The first-order valence-corrected chi connectivity index (χ1v) is 7.34. The predicted molar refractivity (Wildman–Crippen MR) is 81.5 cm³/mol. The van der Waals surface area contributed by atoms with Crippen LogP contribution in [-0.4, -0.2) is 44.3 Å². The molecule has 1 aliphatic heterocycles. The fourth-order valence-corrected chi connectivity index (χ4v) is 2.84. The summed E-state index contributed by atoms with van der Waals surface area (Å²) in [6.45, 7) is 4.50. The van der Waals surface area contributed by atoms with Crippen molar-refractivity contribution in [2.75, 3.05) is 27.3 Å². The van der Waals surface area contributed by atoms with Crippen LogP contribution in [0.1, 0.15) is 25.3 Å². The molecule has 1 saturated heterocycles. The Morgan fingerprint density at radius 2 is 1.85 bits per heavy atom. The van der Waals surface area contributed by atoms with Gasteiger partial charge in [-0.3, -0.25) is 0 Å². The second kappa shape index (κ2) is 6.95. The number of likely N-dealkylation sites (tertiary alicyclic amines) is 1. The maximum atomic E-state index is 5.96. The molecule has 0 amide bonds. The van der Waals surface area contributed by atoms with Gasteiger partial charge in [0, 0.05) is 12.1 Å². The summed E-state index contributed by atoms with van der Waals surface area (Å²) in [5.74, 6) is 1.59. The summed E-state index contributed by atoms with van der Waals surface area (Å²) < 4.78 is 10.6. The number of methoxy groups -OCH3 is 2. The van der Waals surface area contributed by atoms with Gasteiger partial charge in [-0.1, -0.05) is 6.07 Å². The lowest BCUT2D eigenvalue weighted by atomic mass is 10.0. The molecule has 0 spiro atoms. The molecule has 20 heavy (non-hydrogen) atoms. The summed E-state index contributed by atoms with van der Waals surface area (Å²) in [7, 11) is 3.34. The molecule has 0 aliphatic carbocycles. The zero-order valence-electron chi connectivity index (χ0n) is 12.8. The number of piperidine rings is 1. The minimum Gasteiger partial charge on any atom is -0.493 e. The number of hydrogen-bond donors (Lipinski definition) is 1. The number of nitrogens with zero attached hydrogens (tertiary/aromatic N) is 1. The van der Waals surface area contributed by atoms with Gasteiger partial charge in [0.15, 0.2) is 11.5 Å². The molecule has 0 bridgehead atoms. The van der Waals surface area contributed by atoms with Crippen LogP contribution in [-0.2, 0) is 6.42 Å². The van der Waals surface area contributed by atoms with E-state index in [1.165, 1.54) is 5.56 Å². The Bertz CT molecular complexity index is 428. The summed E-state index contributed by atoms with van der Waals surface area (Å²) >= 11 is 0. The molecule has 112 valence electrons. The van der Waals surface area contributed by atoms with E-state index in [1.54, 1.807) is 14.2 Å². The van der Waals surface area contributed by atoms with Crippen molar-refractivity contribution >= 4 is 0 Å². The fraction of sp³-hybridized carbons (Fsp3) is 0.625. The summed E-state index contributed by atoms with van der Waals surface area (Å²) in [5, 5.41) is 0. The molecule has 0 aromatic heterocycles. The van der Waals surface area contributed by atoms with E-state index in [0.29, 0.717) is 12.1 Å². The van der Waals surface area contributed by atoms with E-state index in [9.17, 15) is 0 Å². The van der Waals surface area contributed by atoms with Crippen LogP contribution in [0.25, 0.3) is 0 Å². The fourth-order valence-electron chi connectivity index (χ4n) is 2.84. The molecule has 1 aromatic carbocycles. The van der Waals surface area contributed by atoms with Crippen LogP contribution in [0.4, 0.5) is 0 Å². The van der Waals surface area contributed by atoms with Crippen molar-refractivity contribution in [1.82, 2.24) is 4.90 Å².